The third kappa shape index (κ3) is 2.48. The molecule has 1 aliphatic rings. The molecule has 2 atom stereocenters. The maximum atomic E-state index is 10.2. The Morgan fingerprint density at radius 2 is 2.55 bits per heavy atom. The molecule has 0 aromatic rings. The topological polar surface area (TPSA) is 72.6 Å². The average molecular weight is 159 g/mol. The van der Waals surface area contributed by atoms with Gasteiger partial charge in [-0.15, -0.1) is 0 Å². The molecule has 0 amide bonds. The van der Waals surface area contributed by atoms with E-state index in [0.29, 0.717) is 6.61 Å². The van der Waals surface area contributed by atoms with Crippen LogP contribution in [0.3, 0.4) is 0 Å². The summed E-state index contributed by atoms with van der Waals surface area (Å²) in [4.78, 5) is 10.2. The van der Waals surface area contributed by atoms with Crippen LogP contribution in [0.15, 0.2) is 0 Å². The molecule has 0 aromatic carbocycles. The summed E-state index contributed by atoms with van der Waals surface area (Å²) in [5.74, 6) is -0.587. The van der Waals surface area contributed by atoms with Gasteiger partial charge in [-0.1, -0.05) is 0 Å². The summed E-state index contributed by atoms with van der Waals surface area (Å²) in [6, 6.07) is -0.241. The van der Waals surface area contributed by atoms with Crippen molar-refractivity contribution in [2.45, 2.75) is 18.9 Å². The first-order valence-corrected chi connectivity index (χ1v) is 3.75. The van der Waals surface area contributed by atoms with E-state index < -0.39 is 5.97 Å². The molecule has 0 spiro atoms. The largest absolute Gasteiger partial charge is 0.481 e. The fraction of sp³-hybridized carbons (Fsp3) is 0.857. The lowest BCUT2D eigenvalue weighted by atomic mass is 9.97. The summed E-state index contributed by atoms with van der Waals surface area (Å²) in [6.45, 7) is 1.34. The van der Waals surface area contributed by atoms with Crippen LogP contribution in [0.4, 0.5) is 0 Å². The maximum Gasteiger partial charge on any atom is 0.304 e. The molecule has 3 N–H and O–H groups in total. The predicted molar refractivity (Wildman–Crippen MR) is 39.2 cm³/mol. The lowest BCUT2D eigenvalue weighted by Crippen LogP contribution is -2.32. The van der Waals surface area contributed by atoms with Crippen molar-refractivity contribution < 1.29 is 14.6 Å². The molecule has 0 radical (unpaired) electrons. The number of carbonyl (C=O) groups is 1. The number of carboxylic acids is 1. The predicted octanol–water partition coefficient (Wildman–Crippen LogP) is -0.175. The minimum absolute atomic E-state index is 0.0496. The summed E-state index contributed by atoms with van der Waals surface area (Å²) in [6.07, 6.45) is 0.947. The lowest BCUT2D eigenvalue weighted by molar-refractivity contribution is -0.137. The van der Waals surface area contributed by atoms with Crippen LogP contribution in [-0.4, -0.2) is 30.3 Å². The van der Waals surface area contributed by atoms with Gasteiger partial charge >= 0.3 is 5.97 Å². The standard InChI is InChI=1S/C7H13NO3/c8-6(3-7(9)10)5-1-2-11-4-5/h5-6H,1-4,8H2,(H,9,10)/t5-,6-/m1/s1. The van der Waals surface area contributed by atoms with Gasteiger partial charge in [0.25, 0.3) is 0 Å². The monoisotopic (exact) mass is 159 g/mol. The van der Waals surface area contributed by atoms with Gasteiger partial charge in [0.1, 0.15) is 0 Å². The van der Waals surface area contributed by atoms with E-state index in [4.69, 9.17) is 15.6 Å². The van der Waals surface area contributed by atoms with E-state index in [9.17, 15) is 4.79 Å². The van der Waals surface area contributed by atoms with Gasteiger partial charge in [-0.05, 0) is 6.42 Å². The normalized spacial score (nSPS) is 26.8. The van der Waals surface area contributed by atoms with Crippen LogP contribution in [0.1, 0.15) is 12.8 Å². The molecule has 1 saturated heterocycles. The fourth-order valence-electron chi connectivity index (χ4n) is 1.26. The van der Waals surface area contributed by atoms with Crippen LogP contribution in [0.5, 0.6) is 0 Å². The van der Waals surface area contributed by atoms with E-state index in [1.165, 1.54) is 0 Å². The smallest absolute Gasteiger partial charge is 0.304 e. The molecule has 4 nitrogen and oxygen atoms in total. The molecule has 1 rings (SSSR count). The van der Waals surface area contributed by atoms with Crippen molar-refractivity contribution in [1.29, 1.82) is 0 Å². The second-order valence-corrected chi connectivity index (χ2v) is 2.89. The first kappa shape index (κ1) is 8.49. The SMILES string of the molecule is N[C@H](CC(=O)O)[C@@H]1CCOC1. The Hall–Kier alpha value is -0.610. The molecular formula is C7H13NO3. The number of aliphatic carboxylic acids is 1. The average Bonchev–Trinajstić information content (AvgIpc) is 2.35. The van der Waals surface area contributed by atoms with Crippen LogP contribution in [0, 0.1) is 5.92 Å². The zero-order valence-electron chi connectivity index (χ0n) is 6.32. The molecule has 1 heterocycles. The van der Waals surface area contributed by atoms with Gasteiger partial charge in [0, 0.05) is 18.6 Å². The van der Waals surface area contributed by atoms with E-state index in [1.807, 2.05) is 0 Å². The summed E-state index contributed by atoms with van der Waals surface area (Å²) < 4.78 is 5.09. The highest BCUT2D eigenvalue weighted by molar-refractivity contribution is 5.67. The Morgan fingerprint density at radius 1 is 1.82 bits per heavy atom. The first-order chi connectivity index (χ1) is 5.20. The number of ether oxygens (including phenoxy) is 1. The summed E-state index contributed by atoms with van der Waals surface area (Å²) in [7, 11) is 0. The number of carboxylic acid groups (broad SMARTS) is 1. The van der Waals surface area contributed by atoms with Crippen molar-refractivity contribution in [3.8, 4) is 0 Å². The van der Waals surface area contributed by atoms with Crippen LogP contribution in [0.25, 0.3) is 0 Å². The Bertz CT molecular complexity index is 143. The Kier molecular flexibility index (Phi) is 2.84. The van der Waals surface area contributed by atoms with E-state index in [2.05, 4.69) is 0 Å². The zero-order chi connectivity index (χ0) is 8.27. The van der Waals surface area contributed by atoms with Crippen LogP contribution < -0.4 is 5.73 Å². The summed E-state index contributed by atoms with van der Waals surface area (Å²) in [5.41, 5.74) is 5.62. The highest BCUT2D eigenvalue weighted by atomic mass is 16.5. The molecule has 0 saturated carbocycles. The molecule has 4 heteroatoms. The molecule has 0 aromatic heterocycles. The quantitative estimate of drug-likeness (QED) is 0.599. The van der Waals surface area contributed by atoms with E-state index in [0.717, 1.165) is 13.0 Å². The van der Waals surface area contributed by atoms with E-state index >= 15 is 0 Å². The molecule has 64 valence electrons. The molecule has 0 unspecified atom stereocenters. The van der Waals surface area contributed by atoms with Crippen molar-refractivity contribution >= 4 is 5.97 Å². The number of nitrogens with two attached hydrogens (primary N) is 1. The number of rotatable bonds is 3. The second-order valence-electron chi connectivity index (χ2n) is 2.89. The molecule has 11 heavy (non-hydrogen) atoms. The summed E-state index contributed by atoms with van der Waals surface area (Å²) in [5, 5.41) is 8.42. The number of hydrogen-bond acceptors (Lipinski definition) is 3. The molecule has 0 bridgehead atoms. The van der Waals surface area contributed by atoms with Gasteiger partial charge in [-0.25, -0.2) is 0 Å². The van der Waals surface area contributed by atoms with Crippen LogP contribution >= 0.6 is 0 Å². The molecular weight excluding hydrogens is 146 g/mol. The Morgan fingerprint density at radius 3 is 3.00 bits per heavy atom. The van der Waals surface area contributed by atoms with Crippen molar-refractivity contribution in [3.05, 3.63) is 0 Å². The van der Waals surface area contributed by atoms with Gasteiger partial charge in [-0.2, -0.15) is 0 Å². The highest BCUT2D eigenvalue weighted by Gasteiger charge is 2.24. The van der Waals surface area contributed by atoms with Crippen LogP contribution in [0.2, 0.25) is 0 Å². The third-order valence-electron chi connectivity index (χ3n) is 1.98. The second kappa shape index (κ2) is 3.69. The van der Waals surface area contributed by atoms with Crippen molar-refractivity contribution in [3.63, 3.8) is 0 Å². The maximum absolute atomic E-state index is 10.2. The third-order valence-corrected chi connectivity index (χ3v) is 1.98. The zero-order valence-corrected chi connectivity index (χ0v) is 6.32. The Balaban J connectivity index is 2.28. The molecule has 1 aliphatic heterocycles. The first-order valence-electron chi connectivity index (χ1n) is 3.75. The minimum atomic E-state index is -0.829. The number of hydrogen-bond donors (Lipinski definition) is 2. The van der Waals surface area contributed by atoms with Gasteiger partial charge in [-0.3, -0.25) is 4.79 Å². The minimum Gasteiger partial charge on any atom is -0.481 e. The lowest BCUT2D eigenvalue weighted by Gasteiger charge is -2.14. The molecule has 1 fully saturated rings. The van der Waals surface area contributed by atoms with Crippen LogP contribution in [-0.2, 0) is 9.53 Å². The van der Waals surface area contributed by atoms with Crippen molar-refractivity contribution in [2.75, 3.05) is 13.2 Å². The van der Waals surface area contributed by atoms with Gasteiger partial charge in [0.2, 0.25) is 0 Å². The fourth-order valence-corrected chi connectivity index (χ4v) is 1.26. The summed E-state index contributed by atoms with van der Waals surface area (Å²) >= 11 is 0. The Labute approximate surface area is 65.3 Å². The van der Waals surface area contributed by atoms with E-state index in [-0.39, 0.29) is 18.4 Å². The van der Waals surface area contributed by atoms with Crippen molar-refractivity contribution in [1.82, 2.24) is 0 Å². The highest BCUT2D eigenvalue weighted by Crippen LogP contribution is 2.16. The van der Waals surface area contributed by atoms with E-state index in [1.54, 1.807) is 0 Å². The van der Waals surface area contributed by atoms with Gasteiger partial charge in [0.15, 0.2) is 0 Å². The van der Waals surface area contributed by atoms with Crippen molar-refractivity contribution in [2.24, 2.45) is 11.7 Å². The molecule has 0 aliphatic carbocycles. The van der Waals surface area contributed by atoms with Gasteiger partial charge < -0.3 is 15.6 Å². The van der Waals surface area contributed by atoms with Gasteiger partial charge in [0.05, 0.1) is 13.0 Å².